The van der Waals surface area contributed by atoms with Crippen LogP contribution in [0.2, 0.25) is 0 Å². The number of piperidine rings is 1. The van der Waals surface area contributed by atoms with E-state index in [1.54, 1.807) is 41.0 Å². The molecule has 2 bridgehead atoms. The average Bonchev–Trinajstić information content (AvgIpc) is 2.80. The standard InChI is InChI=1S/C25H25N3O4S/c1-17-4-2-5-19(12-17)25(30)26-21-8-10-22(11-9-21)33(31,32)27-14-18-13-20(16-27)23-6-3-7-24(29)28(23)15-18/h2-12,18,20H,13-16H2,1H3,(H,26,30). The number of amides is 1. The summed E-state index contributed by atoms with van der Waals surface area (Å²) in [5, 5.41) is 2.81. The maximum atomic E-state index is 13.4. The van der Waals surface area contributed by atoms with Crippen LogP contribution in [0.5, 0.6) is 0 Å². The summed E-state index contributed by atoms with van der Waals surface area (Å²) < 4.78 is 30.0. The van der Waals surface area contributed by atoms with Gasteiger partial charge in [-0.2, -0.15) is 4.31 Å². The molecule has 0 radical (unpaired) electrons. The summed E-state index contributed by atoms with van der Waals surface area (Å²) in [5.74, 6) is -0.125. The van der Waals surface area contributed by atoms with E-state index in [2.05, 4.69) is 5.32 Å². The van der Waals surface area contributed by atoms with Crippen LogP contribution in [0, 0.1) is 12.8 Å². The molecule has 0 aliphatic carbocycles. The Morgan fingerprint density at radius 2 is 1.73 bits per heavy atom. The number of nitrogens with one attached hydrogen (secondary N) is 1. The monoisotopic (exact) mass is 463 g/mol. The number of aromatic nitrogens is 1. The van der Waals surface area contributed by atoms with Crippen molar-refractivity contribution in [1.29, 1.82) is 0 Å². The summed E-state index contributed by atoms with van der Waals surface area (Å²) >= 11 is 0. The summed E-state index contributed by atoms with van der Waals surface area (Å²) in [6, 6.07) is 18.8. The fraction of sp³-hybridized carbons (Fsp3) is 0.280. The minimum atomic E-state index is -3.69. The van der Waals surface area contributed by atoms with E-state index in [0.717, 1.165) is 17.7 Å². The predicted octanol–water partition coefficient (Wildman–Crippen LogP) is 3.22. The minimum Gasteiger partial charge on any atom is -0.322 e. The van der Waals surface area contributed by atoms with Crippen LogP contribution < -0.4 is 10.9 Å². The van der Waals surface area contributed by atoms with E-state index >= 15 is 0 Å². The van der Waals surface area contributed by atoms with E-state index in [9.17, 15) is 18.0 Å². The summed E-state index contributed by atoms with van der Waals surface area (Å²) in [6.07, 6.45) is 0.888. The van der Waals surface area contributed by atoms with Gasteiger partial charge in [-0.3, -0.25) is 9.59 Å². The van der Waals surface area contributed by atoms with Crippen molar-refractivity contribution in [3.8, 4) is 0 Å². The Morgan fingerprint density at radius 1 is 0.970 bits per heavy atom. The van der Waals surface area contributed by atoms with Gasteiger partial charge >= 0.3 is 0 Å². The number of sulfonamides is 1. The molecular formula is C25H25N3O4S. The molecule has 7 nitrogen and oxygen atoms in total. The minimum absolute atomic E-state index is 0.00839. The molecule has 2 atom stereocenters. The third kappa shape index (κ3) is 4.12. The van der Waals surface area contributed by atoms with E-state index in [4.69, 9.17) is 0 Å². The molecule has 5 rings (SSSR count). The highest BCUT2D eigenvalue weighted by atomic mass is 32.2. The summed E-state index contributed by atoms with van der Waals surface area (Å²) in [5.41, 5.74) is 2.95. The van der Waals surface area contributed by atoms with E-state index in [0.29, 0.717) is 30.9 Å². The molecule has 2 unspecified atom stereocenters. The predicted molar refractivity (Wildman–Crippen MR) is 126 cm³/mol. The first-order valence-corrected chi connectivity index (χ1v) is 12.4. The van der Waals surface area contributed by atoms with Crippen LogP contribution in [0.1, 0.15) is 34.0 Å². The van der Waals surface area contributed by atoms with Crippen molar-refractivity contribution in [1.82, 2.24) is 8.87 Å². The fourth-order valence-corrected chi connectivity index (χ4v) is 6.46. The van der Waals surface area contributed by atoms with Crippen molar-refractivity contribution in [2.24, 2.45) is 5.92 Å². The molecule has 1 aromatic heterocycles. The lowest BCUT2D eigenvalue weighted by atomic mass is 9.84. The topological polar surface area (TPSA) is 88.5 Å². The fourth-order valence-electron chi connectivity index (χ4n) is 4.90. The van der Waals surface area contributed by atoms with Crippen LogP contribution in [0.4, 0.5) is 5.69 Å². The number of carbonyl (C=O) groups is 1. The van der Waals surface area contributed by atoms with Crippen molar-refractivity contribution in [2.75, 3.05) is 18.4 Å². The van der Waals surface area contributed by atoms with Gasteiger partial charge in [-0.1, -0.05) is 23.8 Å². The maximum Gasteiger partial charge on any atom is 0.255 e. The second-order valence-electron chi connectivity index (χ2n) is 8.87. The molecule has 0 saturated carbocycles. The summed E-state index contributed by atoms with van der Waals surface area (Å²) in [4.78, 5) is 24.9. The zero-order valence-corrected chi connectivity index (χ0v) is 19.1. The van der Waals surface area contributed by atoms with Gasteiger partial charge in [0.1, 0.15) is 0 Å². The SMILES string of the molecule is Cc1cccc(C(=O)Nc2ccc(S(=O)(=O)N3CC4CC(C3)c3cccc(=O)n3C4)cc2)c1. The molecule has 2 aliphatic heterocycles. The Labute approximate surface area is 192 Å². The van der Waals surface area contributed by atoms with Gasteiger partial charge in [0.15, 0.2) is 0 Å². The third-order valence-electron chi connectivity index (χ3n) is 6.48. The van der Waals surface area contributed by atoms with Gasteiger partial charge in [0.05, 0.1) is 4.90 Å². The number of nitrogens with zero attached hydrogens (tertiary/aromatic N) is 2. The van der Waals surface area contributed by atoms with Gasteiger partial charge in [0.25, 0.3) is 11.5 Å². The molecule has 2 aliphatic rings. The van der Waals surface area contributed by atoms with Gasteiger partial charge in [-0.15, -0.1) is 0 Å². The van der Waals surface area contributed by atoms with Crippen molar-refractivity contribution in [2.45, 2.75) is 30.7 Å². The number of rotatable bonds is 4. The molecule has 33 heavy (non-hydrogen) atoms. The number of pyridine rings is 1. The first-order valence-electron chi connectivity index (χ1n) is 11.0. The van der Waals surface area contributed by atoms with Crippen molar-refractivity contribution >= 4 is 21.6 Å². The largest absolute Gasteiger partial charge is 0.322 e. The number of hydrogen-bond acceptors (Lipinski definition) is 4. The Morgan fingerprint density at radius 3 is 2.48 bits per heavy atom. The number of aryl methyl sites for hydroxylation is 1. The van der Waals surface area contributed by atoms with Gasteiger partial charge < -0.3 is 9.88 Å². The molecule has 3 aromatic rings. The van der Waals surface area contributed by atoms with E-state index in [1.807, 2.05) is 25.1 Å². The summed E-state index contributed by atoms with van der Waals surface area (Å²) in [6.45, 7) is 3.21. The highest BCUT2D eigenvalue weighted by molar-refractivity contribution is 7.89. The molecule has 8 heteroatoms. The molecule has 1 N–H and O–H groups in total. The van der Waals surface area contributed by atoms with Crippen molar-refractivity contribution in [3.05, 3.63) is 93.9 Å². The molecule has 0 spiro atoms. The quantitative estimate of drug-likeness (QED) is 0.644. The van der Waals surface area contributed by atoms with Crippen LogP contribution in [0.25, 0.3) is 0 Å². The van der Waals surface area contributed by atoms with Gasteiger partial charge in [-0.25, -0.2) is 8.42 Å². The second kappa shape index (κ2) is 8.28. The number of anilines is 1. The molecule has 1 fully saturated rings. The number of fused-ring (bicyclic) bond motifs is 4. The molecule has 1 saturated heterocycles. The van der Waals surface area contributed by atoms with Crippen LogP contribution >= 0.6 is 0 Å². The number of carbonyl (C=O) groups excluding carboxylic acids is 1. The second-order valence-corrected chi connectivity index (χ2v) is 10.8. The Kier molecular flexibility index (Phi) is 5.42. The zero-order chi connectivity index (χ0) is 23.2. The van der Waals surface area contributed by atoms with Crippen LogP contribution in [-0.2, 0) is 16.6 Å². The number of hydrogen-bond donors (Lipinski definition) is 1. The Balaban J connectivity index is 1.33. The maximum absolute atomic E-state index is 13.4. The Bertz CT molecular complexity index is 1380. The van der Waals surface area contributed by atoms with Gasteiger partial charge in [0.2, 0.25) is 10.0 Å². The van der Waals surface area contributed by atoms with E-state index in [1.165, 1.54) is 16.4 Å². The zero-order valence-electron chi connectivity index (χ0n) is 18.3. The lowest BCUT2D eigenvalue weighted by molar-refractivity contribution is 0.102. The molecule has 1 amide bonds. The lowest BCUT2D eigenvalue weighted by Gasteiger charge is -2.42. The van der Waals surface area contributed by atoms with Crippen molar-refractivity contribution in [3.63, 3.8) is 0 Å². The average molecular weight is 464 g/mol. The van der Waals surface area contributed by atoms with Crippen LogP contribution in [-0.4, -0.2) is 36.3 Å². The lowest BCUT2D eigenvalue weighted by Crippen LogP contribution is -2.48. The molecular weight excluding hydrogens is 438 g/mol. The Hall–Kier alpha value is -3.23. The molecule has 3 heterocycles. The normalized spacial score (nSPS) is 20.2. The first-order chi connectivity index (χ1) is 15.8. The van der Waals surface area contributed by atoms with Crippen LogP contribution in [0.15, 0.2) is 76.4 Å². The van der Waals surface area contributed by atoms with Crippen molar-refractivity contribution < 1.29 is 13.2 Å². The molecule has 2 aromatic carbocycles. The summed E-state index contributed by atoms with van der Waals surface area (Å²) in [7, 11) is -3.69. The smallest absolute Gasteiger partial charge is 0.255 e. The number of benzene rings is 2. The van der Waals surface area contributed by atoms with Crippen LogP contribution in [0.3, 0.4) is 0 Å². The van der Waals surface area contributed by atoms with E-state index < -0.39 is 10.0 Å². The van der Waals surface area contributed by atoms with Gasteiger partial charge in [0, 0.05) is 48.6 Å². The van der Waals surface area contributed by atoms with E-state index in [-0.39, 0.29) is 28.2 Å². The third-order valence-corrected chi connectivity index (χ3v) is 8.32. The highest BCUT2D eigenvalue weighted by Gasteiger charge is 2.39. The highest BCUT2D eigenvalue weighted by Crippen LogP contribution is 2.37. The van der Waals surface area contributed by atoms with Gasteiger partial charge in [-0.05, 0) is 61.7 Å². The molecule has 170 valence electrons. The first kappa shape index (κ1) is 21.6.